The molecule has 0 saturated heterocycles. The van der Waals surface area contributed by atoms with Crippen LogP contribution in [-0.2, 0) is 9.47 Å². The number of pyridine rings is 1. The Kier molecular flexibility index (Phi) is 10.9. The summed E-state index contributed by atoms with van der Waals surface area (Å²) < 4.78 is 51.4. The van der Waals surface area contributed by atoms with Crippen molar-refractivity contribution in [2.75, 3.05) is 33.4 Å². The molecular weight excluding hydrogens is 513 g/mol. The predicted molar refractivity (Wildman–Crippen MR) is 133 cm³/mol. The maximum atomic E-state index is 12.5. The summed E-state index contributed by atoms with van der Waals surface area (Å²) in [5.41, 5.74) is 2.85. The van der Waals surface area contributed by atoms with Gasteiger partial charge in [-0.05, 0) is 57.6 Å². The first-order valence-electron chi connectivity index (χ1n) is 11.3. The summed E-state index contributed by atoms with van der Waals surface area (Å²) >= 11 is 5.22. The molecule has 3 aromatic rings. The third kappa shape index (κ3) is 9.08. The molecule has 0 spiro atoms. The highest BCUT2D eigenvalue weighted by atomic mass is 32.1. The second kappa shape index (κ2) is 13.6. The van der Waals surface area contributed by atoms with Gasteiger partial charge in [0.25, 0.3) is 0 Å². The Balaban J connectivity index is 0.000000294. The van der Waals surface area contributed by atoms with E-state index in [-0.39, 0.29) is 25.0 Å². The van der Waals surface area contributed by atoms with Crippen LogP contribution in [0.5, 0.6) is 5.75 Å². The molecule has 2 heterocycles. The minimum absolute atomic E-state index is 0.190. The van der Waals surface area contributed by atoms with E-state index in [4.69, 9.17) is 17.0 Å². The van der Waals surface area contributed by atoms with Crippen LogP contribution >= 0.6 is 12.2 Å². The molecule has 0 aliphatic heterocycles. The van der Waals surface area contributed by atoms with Crippen molar-refractivity contribution in [2.24, 2.45) is 0 Å². The predicted octanol–water partition coefficient (Wildman–Crippen LogP) is 5.80. The van der Waals surface area contributed by atoms with Crippen molar-refractivity contribution in [3.63, 3.8) is 0 Å². The molecule has 37 heavy (non-hydrogen) atoms. The second-order valence-electron chi connectivity index (χ2n) is 7.80. The molecule has 0 fully saturated rings. The lowest BCUT2D eigenvalue weighted by Crippen LogP contribution is -2.32. The number of carbonyl (C=O) groups excluding carboxylic acids is 2. The molecule has 2 aromatic heterocycles. The molecule has 3 rings (SSSR count). The zero-order valence-corrected chi connectivity index (χ0v) is 21.7. The average Bonchev–Trinajstić information content (AvgIpc) is 3.17. The lowest BCUT2D eigenvalue weighted by atomic mass is 10.2. The van der Waals surface area contributed by atoms with E-state index in [9.17, 15) is 22.8 Å². The molecule has 202 valence electrons. The van der Waals surface area contributed by atoms with Gasteiger partial charge >= 0.3 is 18.4 Å². The van der Waals surface area contributed by atoms with Crippen LogP contribution in [-0.4, -0.2) is 71.2 Å². The van der Waals surface area contributed by atoms with Gasteiger partial charge in [0.2, 0.25) is 0 Å². The van der Waals surface area contributed by atoms with Crippen LogP contribution in [0, 0.1) is 18.6 Å². The van der Waals surface area contributed by atoms with Crippen molar-refractivity contribution in [3.8, 4) is 5.75 Å². The highest BCUT2D eigenvalue weighted by Gasteiger charge is 2.28. The van der Waals surface area contributed by atoms with E-state index >= 15 is 0 Å². The fraction of sp³-hybridized carbons (Fsp3) is 0.417. The number of amides is 1. The Morgan fingerprint density at radius 2 is 1.86 bits per heavy atom. The van der Waals surface area contributed by atoms with Gasteiger partial charge in [-0.1, -0.05) is 12.1 Å². The summed E-state index contributed by atoms with van der Waals surface area (Å²) in [5, 5.41) is 0. The summed E-state index contributed by atoms with van der Waals surface area (Å²) in [6.07, 6.45) is -3.06. The van der Waals surface area contributed by atoms with Crippen LogP contribution in [0.1, 0.15) is 24.6 Å². The van der Waals surface area contributed by atoms with E-state index in [0.717, 1.165) is 11.0 Å². The minimum Gasteiger partial charge on any atom is -0.484 e. The number of nitrogens with zero attached hydrogens (tertiary/aromatic N) is 3. The molecule has 0 saturated carbocycles. The van der Waals surface area contributed by atoms with Crippen LogP contribution in [0.2, 0.25) is 0 Å². The van der Waals surface area contributed by atoms with Crippen molar-refractivity contribution < 1.29 is 37.0 Å². The average molecular weight is 543 g/mol. The zero-order chi connectivity index (χ0) is 27.6. The third-order valence-corrected chi connectivity index (χ3v) is 5.31. The number of carbonyl (C=O) groups is 2. The Labute approximate surface area is 217 Å². The Morgan fingerprint density at radius 1 is 1.16 bits per heavy atom. The van der Waals surface area contributed by atoms with Gasteiger partial charge in [0.15, 0.2) is 11.4 Å². The fourth-order valence-corrected chi connectivity index (χ4v) is 3.35. The summed E-state index contributed by atoms with van der Waals surface area (Å²) in [6, 6.07) is 8.61. The molecule has 0 aliphatic rings. The lowest BCUT2D eigenvalue weighted by Gasteiger charge is -2.17. The standard InChI is InChI=1S/C15H19N3O4S.C9H10F3NO/c1-3-21-15(20)22-10-6-9-17(2)14(19)18-12-8-5-4-7-11(12)16-13(18)23;1-6-7(2)13-4-3-8(6)14-5-9(10,11)12/h4-5,7-8H,3,6,9-10H2,1-2H3,(H,16,23);3-4H,5H2,1-2H3. The molecule has 13 heteroatoms. The van der Waals surface area contributed by atoms with Gasteiger partial charge in [0.05, 0.1) is 24.2 Å². The van der Waals surface area contributed by atoms with Crippen molar-refractivity contribution in [1.29, 1.82) is 0 Å². The normalized spacial score (nSPS) is 10.9. The number of nitrogens with one attached hydrogen (secondary N) is 1. The van der Waals surface area contributed by atoms with Gasteiger partial charge in [0.1, 0.15) is 5.75 Å². The number of halogens is 3. The molecule has 0 unspecified atom stereocenters. The fourth-order valence-electron chi connectivity index (χ4n) is 3.06. The Hall–Kier alpha value is -3.61. The van der Waals surface area contributed by atoms with E-state index < -0.39 is 18.9 Å². The number of alkyl halides is 3. The Morgan fingerprint density at radius 3 is 2.54 bits per heavy atom. The number of H-pyrrole nitrogens is 1. The van der Waals surface area contributed by atoms with Crippen LogP contribution in [0.4, 0.5) is 22.8 Å². The van der Waals surface area contributed by atoms with Gasteiger partial charge in [-0.2, -0.15) is 13.2 Å². The molecule has 0 atom stereocenters. The summed E-state index contributed by atoms with van der Waals surface area (Å²) in [4.78, 5) is 32.1. The van der Waals surface area contributed by atoms with Gasteiger partial charge < -0.3 is 24.1 Å². The largest absolute Gasteiger partial charge is 0.508 e. The molecule has 9 nitrogen and oxygen atoms in total. The number of fused-ring (bicyclic) bond motifs is 1. The number of hydrogen-bond donors (Lipinski definition) is 1. The number of aromatic nitrogens is 3. The molecule has 0 aliphatic carbocycles. The Bertz CT molecular complexity index is 1260. The molecule has 0 radical (unpaired) electrons. The van der Waals surface area contributed by atoms with Crippen molar-refractivity contribution in [2.45, 2.75) is 33.4 Å². The van der Waals surface area contributed by atoms with E-state index in [1.165, 1.54) is 21.7 Å². The number of aromatic amines is 1. The number of ether oxygens (including phenoxy) is 3. The molecule has 1 N–H and O–H groups in total. The van der Waals surface area contributed by atoms with Gasteiger partial charge in [-0.15, -0.1) is 0 Å². The van der Waals surface area contributed by atoms with Crippen molar-refractivity contribution in [1.82, 2.24) is 19.4 Å². The number of benzene rings is 1. The second-order valence-corrected chi connectivity index (χ2v) is 8.18. The maximum Gasteiger partial charge on any atom is 0.508 e. The van der Waals surface area contributed by atoms with Gasteiger partial charge in [0, 0.05) is 31.0 Å². The third-order valence-electron chi connectivity index (χ3n) is 5.03. The first kappa shape index (κ1) is 29.6. The van der Waals surface area contributed by atoms with Gasteiger partial charge in [-0.25, -0.2) is 14.2 Å². The van der Waals surface area contributed by atoms with Crippen molar-refractivity contribution in [3.05, 3.63) is 52.6 Å². The van der Waals surface area contributed by atoms with Crippen LogP contribution in [0.15, 0.2) is 36.5 Å². The number of aryl methyl sites for hydroxylation is 1. The van der Waals surface area contributed by atoms with E-state index in [1.54, 1.807) is 27.8 Å². The van der Waals surface area contributed by atoms with E-state index in [2.05, 4.69) is 19.4 Å². The number of hydrogen-bond acceptors (Lipinski definition) is 7. The molecule has 0 bridgehead atoms. The summed E-state index contributed by atoms with van der Waals surface area (Å²) in [7, 11) is 1.68. The quantitative estimate of drug-likeness (QED) is 0.229. The first-order valence-corrected chi connectivity index (χ1v) is 11.7. The SMILES string of the molecule is CCOC(=O)OCCCN(C)C(=O)n1c(=S)[nH]c2ccccc21.Cc1nccc(OCC(F)(F)F)c1C. The minimum atomic E-state index is -4.30. The van der Waals surface area contributed by atoms with Crippen LogP contribution < -0.4 is 4.74 Å². The first-order chi connectivity index (χ1) is 17.4. The molecule has 1 aromatic carbocycles. The smallest absolute Gasteiger partial charge is 0.484 e. The molecule has 1 amide bonds. The topological polar surface area (TPSA) is 98.7 Å². The maximum absolute atomic E-state index is 12.5. The summed E-state index contributed by atoms with van der Waals surface area (Å²) in [5.74, 6) is 0.231. The number of rotatable bonds is 7. The highest BCUT2D eigenvalue weighted by Crippen LogP contribution is 2.22. The van der Waals surface area contributed by atoms with Gasteiger partial charge in [-0.3, -0.25) is 4.98 Å². The number of imidazole rings is 1. The molecular formula is C24H29F3N4O5S. The highest BCUT2D eigenvalue weighted by molar-refractivity contribution is 7.71. The summed E-state index contributed by atoms with van der Waals surface area (Å²) in [6.45, 7) is 4.73. The van der Waals surface area contributed by atoms with E-state index in [0.29, 0.717) is 29.0 Å². The zero-order valence-electron chi connectivity index (χ0n) is 20.9. The van der Waals surface area contributed by atoms with Crippen LogP contribution in [0.25, 0.3) is 11.0 Å². The van der Waals surface area contributed by atoms with E-state index in [1.807, 2.05) is 24.3 Å². The monoisotopic (exact) mass is 542 g/mol. The van der Waals surface area contributed by atoms with Crippen LogP contribution in [0.3, 0.4) is 0 Å². The lowest BCUT2D eigenvalue weighted by molar-refractivity contribution is -0.153. The van der Waals surface area contributed by atoms with Crippen molar-refractivity contribution >= 4 is 35.4 Å². The number of para-hydroxylation sites is 2.